The zero-order valence-corrected chi connectivity index (χ0v) is 22.5. The van der Waals surface area contributed by atoms with E-state index >= 15 is 0 Å². The normalized spacial score (nSPS) is 14.0. The van der Waals surface area contributed by atoms with Crippen LogP contribution in [0.5, 0.6) is 11.5 Å². The summed E-state index contributed by atoms with van der Waals surface area (Å²) in [5, 5.41) is 11.2. The molecule has 0 atom stereocenters. The van der Waals surface area contributed by atoms with Gasteiger partial charge in [-0.15, -0.1) is 0 Å². The van der Waals surface area contributed by atoms with Crippen molar-refractivity contribution >= 4 is 73.8 Å². The standard InChI is InChI=1S/C24H15BrClIN2O6/c1-33-21-10-14(8-18(26)22(21)34-12-13-3-2-4-16(7-13)29(31)32)9-20-24(30)35-23(28-20)15-5-6-19(27)17(25)11-15/h2-11H,12H2,1H3/b20-9-. The fourth-order valence-corrected chi connectivity index (χ4v) is 4.19. The summed E-state index contributed by atoms with van der Waals surface area (Å²) in [4.78, 5) is 27.2. The first-order valence-corrected chi connectivity index (χ1v) is 12.2. The highest BCUT2D eigenvalue weighted by Crippen LogP contribution is 2.38. The van der Waals surface area contributed by atoms with Gasteiger partial charge in [-0.05, 0) is 86.1 Å². The van der Waals surface area contributed by atoms with Crippen molar-refractivity contribution in [1.82, 2.24) is 0 Å². The van der Waals surface area contributed by atoms with Crippen LogP contribution in [0.15, 0.2) is 69.8 Å². The van der Waals surface area contributed by atoms with Gasteiger partial charge in [0.25, 0.3) is 5.69 Å². The van der Waals surface area contributed by atoms with E-state index in [0.717, 1.165) is 8.04 Å². The van der Waals surface area contributed by atoms with Crippen LogP contribution in [-0.2, 0) is 16.1 Å². The third-order valence-electron chi connectivity index (χ3n) is 4.85. The van der Waals surface area contributed by atoms with Crippen LogP contribution < -0.4 is 9.47 Å². The molecule has 0 aliphatic carbocycles. The first-order chi connectivity index (χ1) is 16.7. The van der Waals surface area contributed by atoms with Crippen molar-refractivity contribution < 1.29 is 23.9 Å². The number of esters is 1. The van der Waals surface area contributed by atoms with E-state index in [4.69, 9.17) is 25.8 Å². The largest absolute Gasteiger partial charge is 0.493 e. The van der Waals surface area contributed by atoms with Gasteiger partial charge in [-0.25, -0.2) is 9.79 Å². The second-order valence-corrected chi connectivity index (χ2v) is 9.64. The third-order valence-corrected chi connectivity index (χ3v) is 7.47. The van der Waals surface area contributed by atoms with Crippen molar-refractivity contribution in [2.75, 3.05) is 7.11 Å². The van der Waals surface area contributed by atoms with Gasteiger partial charge < -0.3 is 14.2 Å². The lowest BCUT2D eigenvalue weighted by molar-refractivity contribution is -0.384. The van der Waals surface area contributed by atoms with Crippen molar-refractivity contribution in [3.05, 3.63) is 100 Å². The Morgan fingerprint density at radius 1 is 1.23 bits per heavy atom. The third kappa shape index (κ3) is 5.82. The Bertz CT molecular complexity index is 1410. The first-order valence-electron chi connectivity index (χ1n) is 9.97. The highest BCUT2D eigenvalue weighted by molar-refractivity contribution is 14.1. The van der Waals surface area contributed by atoms with Crippen LogP contribution in [0.3, 0.4) is 0 Å². The molecule has 0 unspecified atom stereocenters. The highest BCUT2D eigenvalue weighted by atomic mass is 127. The molecule has 0 aromatic heterocycles. The van der Waals surface area contributed by atoms with Gasteiger partial charge in [0, 0.05) is 25.7 Å². The number of cyclic esters (lactones) is 1. The summed E-state index contributed by atoms with van der Waals surface area (Å²) in [5.41, 5.74) is 1.89. The Labute approximate surface area is 227 Å². The van der Waals surface area contributed by atoms with E-state index in [9.17, 15) is 14.9 Å². The van der Waals surface area contributed by atoms with Crippen LogP contribution in [0.25, 0.3) is 6.08 Å². The van der Waals surface area contributed by atoms with E-state index in [2.05, 4.69) is 43.5 Å². The molecule has 35 heavy (non-hydrogen) atoms. The predicted octanol–water partition coefficient (Wildman–Crippen LogP) is 6.55. The summed E-state index contributed by atoms with van der Waals surface area (Å²) in [6.07, 6.45) is 1.54. The van der Waals surface area contributed by atoms with E-state index in [1.807, 2.05) is 18.2 Å². The Hall–Kier alpha value is -2.96. The number of non-ortho nitro benzene ring substituents is 1. The molecule has 8 nitrogen and oxygen atoms in total. The molecular formula is C24H15BrClIN2O6. The number of halogens is 3. The molecule has 1 aliphatic rings. The molecule has 0 saturated heterocycles. The monoisotopic (exact) mass is 668 g/mol. The number of carbonyl (C=O) groups is 1. The molecule has 0 radical (unpaired) electrons. The first kappa shape index (κ1) is 25.1. The molecule has 3 aromatic rings. The number of hydrogen-bond donors (Lipinski definition) is 0. The number of rotatable bonds is 7. The number of ether oxygens (including phenoxy) is 3. The summed E-state index contributed by atoms with van der Waals surface area (Å²) in [6, 6.07) is 14.9. The molecule has 4 rings (SSSR count). The lowest BCUT2D eigenvalue weighted by Crippen LogP contribution is -2.05. The van der Waals surface area contributed by atoms with Gasteiger partial charge in [0.05, 0.1) is 17.1 Å². The van der Waals surface area contributed by atoms with Crippen LogP contribution in [0.1, 0.15) is 16.7 Å². The Kier molecular flexibility index (Phi) is 7.72. The molecule has 0 saturated carbocycles. The van der Waals surface area contributed by atoms with E-state index in [-0.39, 0.29) is 34.7 Å². The molecule has 11 heteroatoms. The van der Waals surface area contributed by atoms with Gasteiger partial charge in [0.1, 0.15) is 6.61 Å². The van der Waals surface area contributed by atoms with Crippen molar-refractivity contribution in [1.29, 1.82) is 0 Å². The number of carbonyl (C=O) groups excluding carboxylic acids is 1. The van der Waals surface area contributed by atoms with Gasteiger partial charge in [0.2, 0.25) is 5.90 Å². The molecular weight excluding hydrogens is 655 g/mol. The van der Waals surface area contributed by atoms with Crippen molar-refractivity contribution in [3.8, 4) is 11.5 Å². The molecule has 0 amide bonds. The van der Waals surface area contributed by atoms with Crippen LogP contribution in [0.2, 0.25) is 5.02 Å². The Balaban J connectivity index is 1.58. The van der Waals surface area contributed by atoms with E-state index in [1.54, 1.807) is 24.3 Å². The summed E-state index contributed by atoms with van der Waals surface area (Å²) in [5.74, 6) is 0.209. The maximum atomic E-state index is 12.4. The lowest BCUT2D eigenvalue weighted by atomic mass is 10.1. The van der Waals surface area contributed by atoms with E-state index in [0.29, 0.717) is 22.4 Å². The number of aliphatic imine (C=N–C) groups is 1. The molecule has 0 N–H and O–H groups in total. The van der Waals surface area contributed by atoms with Gasteiger partial charge in [-0.1, -0.05) is 23.7 Å². The fourth-order valence-electron chi connectivity index (χ4n) is 3.20. The number of nitro benzene ring substituents is 1. The summed E-state index contributed by atoms with van der Waals surface area (Å²) in [7, 11) is 1.46. The number of nitrogens with zero attached hydrogens (tertiary/aromatic N) is 2. The SMILES string of the molecule is COc1cc(/C=C2\N=C(c3ccc(I)c(Br)c3)OC2=O)cc(Cl)c1OCc1cccc([N+](=O)[O-])c1. The van der Waals surface area contributed by atoms with Gasteiger partial charge in [-0.2, -0.15) is 0 Å². The summed E-state index contributed by atoms with van der Waals surface area (Å²) in [6.45, 7) is 0.0454. The average Bonchev–Trinajstić information content (AvgIpc) is 3.20. The summed E-state index contributed by atoms with van der Waals surface area (Å²) >= 11 is 12.1. The molecule has 3 aromatic carbocycles. The second-order valence-electron chi connectivity index (χ2n) is 7.21. The predicted molar refractivity (Wildman–Crippen MR) is 143 cm³/mol. The van der Waals surface area contributed by atoms with Crippen LogP contribution in [-0.4, -0.2) is 23.9 Å². The molecule has 0 bridgehead atoms. The van der Waals surface area contributed by atoms with Gasteiger partial charge in [0.15, 0.2) is 17.2 Å². The molecule has 0 spiro atoms. The minimum atomic E-state index is -0.587. The zero-order chi connectivity index (χ0) is 25.1. The second kappa shape index (κ2) is 10.8. The maximum absolute atomic E-state index is 12.4. The maximum Gasteiger partial charge on any atom is 0.363 e. The average molecular weight is 670 g/mol. The Morgan fingerprint density at radius 2 is 2.03 bits per heavy atom. The van der Waals surface area contributed by atoms with Crippen molar-refractivity contribution in [2.45, 2.75) is 6.61 Å². The van der Waals surface area contributed by atoms with E-state index in [1.165, 1.54) is 25.3 Å². The van der Waals surface area contributed by atoms with Crippen LogP contribution in [0.4, 0.5) is 5.69 Å². The van der Waals surface area contributed by atoms with Crippen molar-refractivity contribution in [3.63, 3.8) is 0 Å². The minimum absolute atomic E-state index is 0.0351. The molecule has 0 fully saturated rings. The van der Waals surface area contributed by atoms with Crippen molar-refractivity contribution in [2.24, 2.45) is 4.99 Å². The quantitative estimate of drug-likeness (QED) is 0.0931. The highest BCUT2D eigenvalue weighted by Gasteiger charge is 2.25. The molecule has 1 aliphatic heterocycles. The topological polar surface area (TPSA) is 100 Å². The number of nitro groups is 1. The van der Waals surface area contributed by atoms with Crippen LogP contribution >= 0.6 is 50.1 Å². The molecule has 178 valence electrons. The fraction of sp³-hybridized carbons (Fsp3) is 0.0833. The van der Waals surface area contributed by atoms with Gasteiger partial charge >= 0.3 is 5.97 Å². The smallest absolute Gasteiger partial charge is 0.363 e. The minimum Gasteiger partial charge on any atom is -0.493 e. The van der Waals surface area contributed by atoms with E-state index < -0.39 is 10.9 Å². The number of methoxy groups -OCH3 is 1. The molecule has 1 heterocycles. The summed E-state index contributed by atoms with van der Waals surface area (Å²) < 4.78 is 18.4. The number of hydrogen-bond acceptors (Lipinski definition) is 7. The number of benzene rings is 3. The zero-order valence-electron chi connectivity index (χ0n) is 18.0. The van der Waals surface area contributed by atoms with Crippen LogP contribution in [0, 0.1) is 13.7 Å². The van der Waals surface area contributed by atoms with Gasteiger partial charge in [-0.3, -0.25) is 10.1 Å². The Morgan fingerprint density at radius 3 is 2.74 bits per heavy atom. The lowest BCUT2D eigenvalue weighted by Gasteiger charge is -2.13.